The van der Waals surface area contributed by atoms with E-state index in [1.165, 1.54) is 12.1 Å². The molecule has 0 aliphatic carbocycles. The molecule has 0 saturated heterocycles. The Bertz CT molecular complexity index is 818. The first-order valence-electron chi connectivity index (χ1n) is 6.21. The van der Waals surface area contributed by atoms with Crippen molar-refractivity contribution in [1.82, 2.24) is 4.98 Å². The summed E-state index contributed by atoms with van der Waals surface area (Å²) >= 11 is 0. The standard InChI is InChI=1S/C16H12F3N/c1-8-5-10(3-4-13(8)18)15-9(2)12-6-11(17)7-14(19)16(12)20-15/h3-7,20H,1-2H3. The Balaban J connectivity index is 2.29. The Kier molecular flexibility index (Phi) is 2.82. The molecule has 1 nitrogen and oxygen atoms in total. The lowest BCUT2D eigenvalue weighted by Crippen LogP contribution is -1.86. The summed E-state index contributed by atoms with van der Waals surface area (Å²) in [4.78, 5) is 2.96. The quantitative estimate of drug-likeness (QED) is 0.652. The minimum absolute atomic E-state index is 0.265. The molecule has 0 aliphatic rings. The van der Waals surface area contributed by atoms with Crippen molar-refractivity contribution in [3.8, 4) is 11.3 Å². The Morgan fingerprint density at radius 1 is 0.900 bits per heavy atom. The van der Waals surface area contributed by atoms with Crippen molar-refractivity contribution in [1.29, 1.82) is 0 Å². The second-order valence-corrected chi connectivity index (χ2v) is 4.90. The third-order valence-electron chi connectivity index (χ3n) is 3.53. The molecular weight excluding hydrogens is 263 g/mol. The van der Waals surface area contributed by atoms with E-state index in [2.05, 4.69) is 4.98 Å². The second-order valence-electron chi connectivity index (χ2n) is 4.90. The van der Waals surface area contributed by atoms with Gasteiger partial charge in [0.1, 0.15) is 17.5 Å². The summed E-state index contributed by atoms with van der Waals surface area (Å²) in [5.41, 5.74) is 2.93. The summed E-state index contributed by atoms with van der Waals surface area (Å²) in [7, 11) is 0. The predicted octanol–water partition coefficient (Wildman–Crippen LogP) is 4.87. The number of aromatic amines is 1. The first-order valence-corrected chi connectivity index (χ1v) is 6.21. The van der Waals surface area contributed by atoms with Gasteiger partial charge in [0.25, 0.3) is 0 Å². The van der Waals surface area contributed by atoms with E-state index in [-0.39, 0.29) is 11.3 Å². The maximum atomic E-state index is 13.8. The van der Waals surface area contributed by atoms with Crippen LogP contribution in [0.15, 0.2) is 30.3 Å². The van der Waals surface area contributed by atoms with Crippen LogP contribution in [-0.4, -0.2) is 4.98 Å². The van der Waals surface area contributed by atoms with Gasteiger partial charge < -0.3 is 4.98 Å². The number of aromatic nitrogens is 1. The number of hydrogen-bond donors (Lipinski definition) is 1. The molecule has 0 radical (unpaired) electrons. The number of rotatable bonds is 1. The largest absolute Gasteiger partial charge is 0.352 e. The van der Waals surface area contributed by atoms with Crippen molar-refractivity contribution in [3.05, 3.63) is 58.9 Å². The molecule has 0 amide bonds. The molecule has 0 unspecified atom stereocenters. The van der Waals surface area contributed by atoms with E-state index in [0.29, 0.717) is 16.6 Å². The van der Waals surface area contributed by atoms with Crippen LogP contribution in [0.3, 0.4) is 0 Å². The molecule has 0 aliphatic heterocycles. The number of fused-ring (bicyclic) bond motifs is 1. The third-order valence-corrected chi connectivity index (χ3v) is 3.53. The van der Waals surface area contributed by atoms with Gasteiger partial charge in [0.05, 0.1) is 5.52 Å². The van der Waals surface area contributed by atoms with E-state index in [9.17, 15) is 13.2 Å². The highest BCUT2D eigenvalue weighted by Gasteiger charge is 2.14. The predicted molar refractivity (Wildman–Crippen MR) is 73.1 cm³/mol. The number of H-pyrrole nitrogens is 1. The molecule has 1 aromatic heterocycles. The van der Waals surface area contributed by atoms with Gasteiger partial charge in [0, 0.05) is 17.1 Å². The molecule has 3 rings (SSSR count). The highest BCUT2D eigenvalue weighted by Crippen LogP contribution is 2.32. The maximum absolute atomic E-state index is 13.8. The van der Waals surface area contributed by atoms with E-state index >= 15 is 0 Å². The summed E-state index contributed by atoms with van der Waals surface area (Å²) in [5.74, 6) is -1.54. The Morgan fingerprint density at radius 3 is 2.35 bits per heavy atom. The van der Waals surface area contributed by atoms with Crippen molar-refractivity contribution in [3.63, 3.8) is 0 Å². The number of nitrogens with one attached hydrogen (secondary N) is 1. The monoisotopic (exact) mass is 275 g/mol. The molecule has 4 heteroatoms. The van der Waals surface area contributed by atoms with Gasteiger partial charge in [-0.2, -0.15) is 0 Å². The van der Waals surface area contributed by atoms with Crippen LogP contribution in [0.1, 0.15) is 11.1 Å². The maximum Gasteiger partial charge on any atom is 0.150 e. The van der Waals surface area contributed by atoms with Gasteiger partial charge in [-0.05, 0) is 54.8 Å². The summed E-state index contributed by atoms with van der Waals surface area (Å²) in [6, 6.07) is 6.81. The molecule has 3 aromatic rings. The van der Waals surface area contributed by atoms with Gasteiger partial charge in [0.15, 0.2) is 0 Å². The SMILES string of the molecule is Cc1cc(-c2[nH]c3c(F)cc(F)cc3c2C)ccc1F. The van der Waals surface area contributed by atoms with E-state index in [1.54, 1.807) is 26.0 Å². The van der Waals surface area contributed by atoms with Crippen molar-refractivity contribution in [2.45, 2.75) is 13.8 Å². The van der Waals surface area contributed by atoms with Gasteiger partial charge >= 0.3 is 0 Å². The molecule has 20 heavy (non-hydrogen) atoms. The molecular formula is C16H12F3N. The number of halogens is 3. The molecule has 0 saturated carbocycles. The topological polar surface area (TPSA) is 15.8 Å². The molecule has 0 bridgehead atoms. The van der Waals surface area contributed by atoms with Crippen LogP contribution in [0.2, 0.25) is 0 Å². The second kappa shape index (κ2) is 4.40. The molecule has 0 spiro atoms. The van der Waals surface area contributed by atoms with Crippen molar-refractivity contribution in [2.24, 2.45) is 0 Å². The normalized spacial score (nSPS) is 11.2. The van der Waals surface area contributed by atoms with E-state index in [0.717, 1.165) is 17.2 Å². The summed E-state index contributed by atoms with van der Waals surface area (Å²) < 4.78 is 40.4. The van der Waals surface area contributed by atoms with Crippen LogP contribution in [0.5, 0.6) is 0 Å². The number of benzene rings is 2. The van der Waals surface area contributed by atoms with Crippen molar-refractivity contribution >= 4 is 10.9 Å². The van der Waals surface area contributed by atoms with Crippen molar-refractivity contribution < 1.29 is 13.2 Å². The van der Waals surface area contributed by atoms with E-state index < -0.39 is 11.6 Å². The first-order chi connectivity index (χ1) is 9.47. The number of aryl methyl sites for hydroxylation is 2. The molecule has 1 heterocycles. The van der Waals surface area contributed by atoms with Crippen LogP contribution < -0.4 is 0 Å². The van der Waals surface area contributed by atoms with E-state index in [1.807, 2.05) is 0 Å². The first kappa shape index (κ1) is 12.8. The van der Waals surface area contributed by atoms with Crippen LogP contribution in [0.4, 0.5) is 13.2 Å². The van der Waals surface area contributed by atoms with Crippen LogP contribution in [0.25, 0.3) is 22.2 Å². The Hall–Kier alpha value is -2.23. The van der Waals surface area contributed by atoms with Gasteiger partial charge in [-0.1, -0.05) is 0 Å². The molecule has 0 atom stereocenters. The minimum atomic E-state index is -0.631. The average Bonchev–Trinajstić information content (AvgIpc) is 2.71. The zero-order chi connectivity index (χ0) is 14.4. The lowest BCUT2D eigenvalue weighted by molar-refractivity contribution is 0.591. The fraction of sp³-hybridized carbons (Fsp3) is 0.125. The minimum Gasteiger partial charge on any atom is -0.352 e. The van der Waals surface area contributed by atoms with Crippen LogP contribution >= 0.6 is 0 Å². The van der Waals surface area contributed by atoms with Crippen LogP contribution in [-0.2, 0) is 0 Å². The highest BCUT2D eigenvalue weighted by molar-refractivity contribution is 5.91. The van der Waals surface area contributed by atoms with Crippen LogP contribution in [0, 0.1) is 31.3 Å². The van der Waals surface area contributed by atoms with Crippen molar-refractivity contribution in [2.75, 3.05) is 0 Å². The lowest BCUT2D eigenvalue weighted by Gasteiger charge is -2.03. The van der Waals surface area contributed by atoms with E-state index in [4.69, 9.17) is 0 Å². The zero-order valence-electron chi connectivity index (χ0n) is 11.0. The fourth-order valence-corrected chi connectivity index (χ4v) is 2.44. The summed E-state index contributed by atoms with van der Waals surface area (Å²) in [6.45, 7) is 3.45. The fourth-order valence-electron chi connectivity index (χ4n) is 2.44. The number of hydrogen-bond acceptors (Lipinski definition) is 0. The summed E-state index contributed by atoms with van der Waals surface area (Å²) in [6.07, 6.45) is 0. The van der Waals surface area contributed by atoms with Gasteiger partial charge in [0.2, 0.25) is 0 Å². The lowest BCUT2D eigenvalue weighted by atomic mass is 10.0. The van der Waals surface area contributed by atoms with Gasteiger partial charge in [-0.25, -0.2) is 13.2 Å². The molecule has 0 fully saturated rings. The third kappa shape index (κ3) is 1.88. The molecule has 1 N–H and O–H groups in total. The highest BCUT2D eigenvalue weighted by atomic mass is 19.1. The van der Waals surface area contributed by atoms with Gasteiger partial charge in [-0.3, -0.25) is 0 Å². The molecule has 2 aromatic carbocycles. The molecule has 102 valence electrons. The Morgan fingerprint density at radius 2 is 1.65 bits per heavy atom. The van der Waals surface area contributed by atoms with Gasteiger partial charge in [-0.15, -0.1) is 0 Å². The smallest absolute Gasteiger partial charge is 0.150 e. The summed E-state index contributed by atoms with van der Waals surface area (Å²) in [5, 5.41) is 0.500. The Labute approximate surface area is 114 Å². The zero-order valence-corrected chi connectivity index (χ0v) is 11.0. The average molecular weight is 275 g/mol.